The van der Waals surface area contributed by atoms with Crippen molar-refractivity contribution in [2.24, 2.45) is 0 Å². The molecule has 0 aliphatic carbocycles. The Morgan fingerprint density at radius 3 is 2.30 bits per heavy atom. The number of hydrogen-bond donors (Lipinski definition) is 1. The second kappa shape index (κ2) is 6.58. The summed E-state index contributed by atoms with van der Waals surface area (Å²) in [5.74, 6) is 0. The molecule has 0 spiro atoms. The Labute approximate surface area is 64.2 Å². The van der Waals surface area contributed by atoms with Gasteiger partial charge in [-0.15, -0.1) is 0 Å². The van der Waals surface area contributed by atoms with Crippen LogP contribution in [-0.2, 0) is 4.74 Å². The Kier molecular flexibility index (Phi) is 6.22. The van der Waals surface area contributed by atoms with Crippen molar-refractivity contribution in [3.8, 4) is 0 Å². The lowest BCUT2D eigenvalue weighted by Crippen LogP contribution is -1.96. The minimum atomic E-state index is -1.36. The van der Waals surface area contributed by atoms with Crippen LogP contribution >= 0.6 is 11.6 Å². The first-order chi connectivity index (χ1) is 4.73. The third-order valence-corrected chi connectivity index (χ3v) is 0.810. The molecule has 0 aromatic rings. The van der Waals surface area contributed by atoms with Crippen LogP contribution in [0.5, 0.6) is 0 Å². The van der Waals surface area contributed by atoms with E-state index >= 15 is 0 Å². The number of carbonyl (C=O) groups is 1. The van der Waals surface area contributed by atoms with Gasteiger partial charge in [-0.1, -0.05) is 12.2 Å². The Morgan fingerprint density at radius 1 is 1.60 bits per heavy atom. The highest BCUT2D eigenvalue weighted by Gasteiger charge is 1.85. The van der Waals surface area contributed by atoms with Gasteiger partial charge >= 0.3 is 5.43 Å². The van der Waals surface area contributed by atoms with E-state index in [4.69, 9.17) is 14.6 Å². The van der Waals surface area contributed by atoms with E-state index in [1.807, 2.05) is 6.08 Å². The van der Waals surface area contributed by atoms with Crippen molar-refractivity contribution < 1.29 is 14.6 Å². The van der Waals surface area contributed by atoms with E-state index in [0.29, 0.717) is 0 Å². The Morgan fingerprint density at radius 2 is 2.20 bits per heavy atom. The van der Waals surface area contributed by atoms with E-state index in [0.717, 1.165) is 19.6 Å². The van der Waals surface area contributed by atoms with E-state index in [1.165, 1.54) is 0 Å². The van der Waals surface area contributed by atoms with Gasteiger partial charge < -0.3 is 9.84 Å². The van der Waals surface area contributed by atoms with Gasteiger partial charge in [0.2, 0.25) is 0 Å². The largest absolute Gasteiger partial charge is 0.469 e. The average Bonchev–Trinajstić information content (AvgIpc) is 1.90. The Balaban J connectivity index is 0.000000180. The van der Waals surface area contributed by atoms with Crippen molar-refractivity contribution in [3.05, 3.63) is 12.2 Å². The number of rotatable bonds is 0. The van der Waals surface area contributed by atoms with Crippen molar-refractivity contribution in [1.82, 2.24) is 0 Å². The quantitative estimate of drug-likeness (QED) is 0.439. The standard InChI is InChI=1S/C5H8O.CHClO2/c1-2-4-6-5-3-1;2-1(3)4/h1-2H,3-5H2;(H,3,4). The maximum absolute atomic E-state index is 8.77. The van der Waals surface area contributed by atoms with Gasteiger partial charge in [0.1, 0.15) is 0 Å². The summed E-state index contributed by atoms with van der Waals surface area (Å²) in [6.45, 7) is 1.73. The molecule has 0 fully saturated rings. The van der Waals surface area contributed by atoms with Crippen molar-refractivity contribution in [2.45, 2.75) is 6.42 Å². The number of ether oxygens (including phenoxy) is 1. The van der Waals surface area contributed by atoms with Gasteiger partial charge in [-0.25, -0.2) is 4.79 Å². The molecule has 0 bridgehead atoms. The third kappa shape index (κ3) is 10.4. The van der Waals surface area contributed by atoms with Crippen LogP contribution in [0.3, 0.4) is 0 Å². The average molecular weight is 165 g/mol. The fourth-order valence-corrected chi connectivity index (χ4v) is 0.489. The third-order valence-electron chi connectivity index (χ3n) is 0.810. The van der Waals surface area contributed by atoms with Crippen molar-refractivity contribution >= 4 is 17.0 Å². The first-order valence-electron chi connectivity index (χ1n) is 2.84. The predicted octanol–water partition coefficient (Wildman–Crippen LogP) is 1.87. The molecule has 1 heterocycles. The fourth-order valence-electron chi connectivity index (χ4n) is 0.489. The molecule has 1 N–H and O–H groups in total. The Bertz CT molecular complexity index is 110. The van der Waals surface area contributed by atoms with Crippen LogP contribution < -0.4 is 0 Å². The number of carboxylic acid groups (broad SMARTS) is 1. The minimum absolute atomic E-state index is 0.819. The van der Waals surface area contributed by atoms with Gasteiger partial charge in [0.25, 0.3) is 0 Å². The highest BCUT2D eigenvalue weighted by Crippen LogP contribution is 1.91. The molecule has 0 atom stereocenters. The topological polar surface area (TPSA) is 46.5 Å². The minimum Gasteiger partial charge on any atom is -0.469 e. The summed E-state index contributed by atoms with van der Waals surface area (Å²) >= 11 is 4.19. The van der Waals surface area contributed by atoms with Gasteiger partial charge in [-0.3, -0.25) is 0 Å². The van der Waals surface area contributed by atoms with Gasteiger partial charge in [0.15, 0.2) is 0 Å². The van der Waals surface area contributed by atoms with Crippen LogP contribution in [-0.4, -0.2) is 23.7 Å². The normalized spacial score (nSPS) is 15.3. The smallest absolute Gasteiger partial charge is 0.401 e. The Hall–Kier alpha value is -0.540. The van der Waals surface area contributed by atoms with Crippen LogP contribution in [0.25, 0.3) is 0 Å². The molecule has 3 nitrogen and oxygen atoms in total. The summed E-state index contributed by atoms with van der Waals surface area (Å²) in [5, 5.41) is 7.18. The SMILES string of the molecule is C1=CCOCC1.O=C(O)Cl. The summed E-state index contributed by atoms with van der Waals surface area (Å²) in [5.41, 5.74) is -1.36. The van der Waals surface area contributed by atoms with Crippen molar-refractivity contribution in [3.63, 3.8) is 0 Å². The van der Waals surface area contributed by atoms with Gasteiger partial charge in [-0.2, -0.15) is 0 Å². The van der Waals surface area contributed by atoms with Crippen LogP contribution in [0.4, 0.5) is 4.79 Å². The molecule has 0 aromatic heterocycles. The van der Waals surface area contributed by atoms with Gasteiger partial charge in [0.05, 0.1) is 13.2 Å². The lowest BCUT2D eigenvalue weighted by Gasteiger charge is -2.00. The molecular formula is C6H9ClO3. The lowest BCUT2D eigenvalue weighted by atomic mass is 10.3. The maximum Gasteiger partial charge on any atom is 0.401 e. The van der Waals surface area contributed by atoms with Gasteiger partial charge in [0, 0.05) is 11.6 Å². The zero-order valence-electron chi connectivity index (χ0n) is 5.42. The second-order valence-electron chi connectivity index (χ2n) is 1.59. The van der Waals surface area contributed by atoms with E-state index in [1.54, 1.807) is 0 Å². The summed E-state index contributed by atoms with van der Waals surface area (Å²) in [7, 11) is 0. The highest BCUT2D eigenvalue weighted by atomic mass is 35.5. The van der Waals surface area contributed by atoms with Gasteiger partial charge in [-0.05, 0) is 6.42 Å². The van der Waals surface area contributed by atoms with Crippen LogP contribution in [0.2, 0.25) is 0 Å². The van der Waals surface area contributed by atoms with Crippen molar-refractivity contribution in [2.75, 3.05) is 13.2 Å². The molecule has 1 aliphatic heterocycles. The summed E-state index contributed by atoms with van der Waals surface area (Å²) in [6, 6.07) is 0. The molecule has 10 heavy (non-hydrogen) atoms. The van der Waals surface area contributed by atoms with Crippen LogP contribution in [0.15, 0.2) is 12.2 Å². The van der Waals surface area contributed by atoms with E-state index in [9.17, 15) is 0 Å². The monoisotopic (exact) mass is 164 g/mol. The zero-order valence-corrected chi connectivity index (χ0v) is 6.17. The molecule has 0 radical (unpaired) electrons. The van der Waals surface area contributed by atoms with E-state index in [-0.39, 0.29) is 0 Å². The van der Waals surface area contributed by atoms with Crippen molar-refractivity contribution in [1.29, 1.82) is 0 Å². The molecular weight excluding hydrogens is 156 g/mol. The molecule has 1 rings (SSSR count). The summed E-state index contributed by atoms with van der Waals surface area (Å²) in [4.78, 5) is 8.77. The van der Waals surface area contributed by atoms with Crippen LogP contribution in [0, 0.1) is 0 Å². The predicted molar refractivity (Wildman–Crippen MR) is 38.5 cm³/mol. The van der Waals surface area contributed by atoms with Crippen LogP contribution in [0.1, 0.15) is 6.42 Å². The molecule has 0 saturated carbocycles. The summed E-state index contributed by atoms with van der Waals surface area (Å²) < 4.78 is 4.98. The first-order valence-corrected chi connectivity index (χ1v) is 3.22. The zero-order chi connectivity index (χ0) is 7.82. The molecule has 1 aliphatic rings. The van der Waals surface area contributed by atoms with E-state index < -0.39 is 5.43 Å². The number of hydrogen-bond acceptors (Lipinski definition) is 2. The molecule has 58 valence electrons. The molecule has 0 amide bonds. The summed E-state index contributed by atoms with van der Waals surface area (Å²) in [6.07, 6.45) is 5.28. The number of halogens is 1. The molecule has 4 heteroatoms. The lowest BCUT2D eigenvalue weighted by molar-refractivity contribution is 0.158. The fraction of sp³-hybridized carbons (Fsp3) is 0.500. The molecule has 0 aromatic carbocycles. The highest BCUT2D eigenvalue weighted by molar-refractivity contribution is 6.60. The second-order valence-corrected chi connectivity index (χ2v) is 1.91. The van der Waals surface area contributed by atoms with E-state index in [2.05, 4.69) is 17.7 Å². The molecule has 0 unspecified atom stereocenters. The first kappa shape index (κ1) is 9.46. The maximum atomic E-state index is 8.77. The molecule has 0 saturated heterocycles.